The fraction of sp³-hybridized carbons (Fsp3) is 0.765. The summed E-state index contributed by atoms with van der Waals surface area (Å²) in [5, 5.41) is 3.41. The van der Waals surface area contributed by atoms with Crippen LogP contribution >= 0.6 is 0 Å². The Hall–Kier alpha value is -1.00. The van der Waals surface area contributed by atoms with Gasteiger partial charge in [-0.05, 0) is 31.7 Å². The van der Waals surface area contributed by atoms with Crippen LogP contribution in [0.25, 0.3) is 0 Å². The molecule has 118 valence electrons. The van der Waals surface area contributed by atoms with Crippen molar-refractivity contribution < 1.29 is 4.74 Å². The average molecular weight is 291 g/mol. The summed E-state index contributed by atoms with van der Waals surface area (Å²) in [6, 6.07) is 2.45. The van der Waals surface area contributed by atoms with Crippen molar-refractivity contribution in [2.75, 3.05) is 6.61 Å². The fourth-order valence-electron chi connectivity index (χ4n) is 3.00. The van der Waals surface area contributed by atoms with E-state index in [2.05, 4.69) is 31.1 Å². The van der Waals surface area contributed by atoms with Gasteiger partial charge >= 0.3 is 0 Å². The number of nitrogens with zero attached hydrogens (tertiary/aromatic N) is 2. The first-order valence-electron chi connectivity index (χ1n) is 8.37. The molecule has 0 bridgehead atoms. The van der Waals surface area contributed by atoms with Gasteiger partial charge in [-0.2, -0.15) is 0 Å². The zero-order chi connectivity index (χ0) is 15.1. The molecule has 1 aliphatic rings. The zero-order valence-electron chi connectivity index (χ0n) is 13.6. The molecule has 2 rings (SSSR count). The second kappa shape index (κ2) is 8.44. The van der Waals surface area contributed by atoms with Crippen molar-refractivity contribution in [2.45, 2.75) is 71.6 Å². The highest BCUT2D eigenvalue weighted by Gasteiger charge is 2.27. The van der Waals surface area contributed by atoms with Crippen molar-refractivity contribution in [1.29, 1.82) is 0 Å². The highest BCUT2D eigenvalue weighted by Crippen LogP contribution is 2.35. The molecule has 1 saturated carbocycles. The standard InChI is InChI=1S/C17H29N3O/c1-4-21-16(14-8-6-5-7-9-14)17-18-11-10-15(20-17)12-19-13(2)3/h10-11,13-14,16,19H,4-9,12H2,1-3H3. The molecule has 1 fully saturated rings. The van der Waals surface area contributed by atoms with E-state index in [0.29, 0.717) is 12.0 Å². The van der Waals surface area contributed by atoms with Crippen LogP contribution in [0.15, 0.2) is 12.3 Å². The topological polar surface area (TPSA) is 47.0 Å². The van der Waals surface area contributed by atoms with E-state index in [4.69, 9.17) is 9.72 Å². The molecule has 1 atom stereocenters. The molecule has 0 aliphatic heterocycles. The van der Waals surface area contributed by atoms with Gasteiger partial charge in [0.1, 0.15) is 6.10 Å². The van der Waals surface area contributed by atoms with Crippen molar-refractivity contribution in [2.24, 2.45) is 5.92 Å². The van der Waals surface area contributed by atoms with Gasteiger partial charge in [-0.25, -0.2) is 9.97 Å². The van der Waals surface area contributed by atoms with Crippen molar-refractivity contribution in [3.63, 3.8) is 0 Å². The van der Waals surface area contributed by atoms with Crippen molar-refractivity contribution in [3.8, 4) is 0 Å². The molecule has 0 saturated heterocycles. The van der Waals surface area contributed by atoms with Gasteiger partial charge in [-0.1, -0.05) is 33.1 Å². The van der Waals surface area contributed by atoms with Crippen LogP contribution in [-0.4, -0.2) is 22.6 Å². The van der Waals surface area contributed by atoms with Gasteiger partial charge in [0.15, 0.2) is 5.82 Å². The molecule has 1 heterocycles. The van der Waals surface area contributed by atoms with Crippen LogP contribution in [0.4, 0.5) is 0 Å². The van der Waals surface area contributed by atoms with Gasteiger partial charge in [0.25, 0.3) is 0 Å². The molecule has 21 heavy (non-hydrogen) atoms. The molecule has 0 spiro atoms. The Morgan fingerprint density at radius 1 is 1.29 bits per heavy atom. The van der Waals surface area contributed by atoms with E-state index < -0.39 is 0 Å². The monoisotopic (exact) mass is 291 g/mol. The summed E-state index contributed by atoms with van der Waals surface area (Å²) in [7, 11) is 0. The molecule has 1 aliphatic carbocycles. The second-order valence-electron chi connectivity index (χ2n) is 6.22. The number of nitrogens with one attached hydrogen (secondary N) is 1. The van der Waals surface area contributed by atoms with Crippen molar-refractivity contribution in [1.82, 2.24) is 15.3 Å². The molecular weight excluding hydrogens is 262 g/mol. The summed E-state index contributed by atoms with van der Waals surface area (Å²) in [4.78, 5) is 9.24. The van der Waals surface area contributed by atoms with Gasteiger partial charge in [0, 0.05) is 25.4 Å². The van der Waals surface area contributed by atoms with Crippen LogP contribution in [-0.2, 0) is 11.3 Å². The highest BCUT2D eigenvalue weighted by molar-refractivity contribution is 5.05. The van der Waals surface area contributed by atoms with Crippen LogP contribution < -0.4 is 5.32 Å². The lowest BCUT2D eigenvalue weighted by Crippen LogP contribution is -2.24. The van der Waals surface area contributed by atoms with E-state index in [9.17, 15) is 0 Å². The molecule has 0 aromatic carbocycles. The van der Waals surface area contributed by atoms with Gasteiger partial charge < -0.3 is 10.1 Å². The van der Waals surface area contributed by atoms with E-state index in [1.165, 1.54) is 32.1 Å². The van der Waals surface area contributed by atoms with Crippen LogP contribution in [0.2, 0.25) is 0 Å². The van der Waals surface area contributed by atoms with E-state index in [1.54, 1.807) is 0 Å². The third-order valence-corrected chi connectivity index (χ3v) is 4.10. The predicted molar refractivity (Wildman–Crippen MR) is 84.9 cm³/mol. The number of hydrogen-bond donors (Lipinski definition) is 1. The van der Waals surface area contributed by atoms with Crippen LogP contribution in [0, 0.1) is 5.92 Å². The summed E-state index contributed by atoms with van der Waals surface area (Å²) in [6.45, 7) is 7.86. The average Bonchev–Trinajstić information content (AvgIpc) is 2.52. The minimum Gasteiger partial charge on any atom is -0.370 e. The Morgan fingerprint density at radius 3 is 2.71 bits per heavy atom. The first kappa shape index (κ1) is 16.4. The molecule has 0 radical (unpaired) electrons. The summed E-state index contributed by atoms with van der Waals surface area (Å²) in [5.41, 5.74) is 1.05. The molecular formula is C17H29N3O. The zero-order valence-corrected chi connectivity index (χ0v) is 13.6. The quantitative estimate of drug-likeness (QED) is 0.833. The van der Waals surface area contributed by atoms with Gasteiger partial charge in [-0.3, -0.25) is 0 Å². The Bertz CT molecular complexity index is 416. The van der Waals surface area contributed by atoms with Crippen LogP contribution in [0.5, 0.6) is 0 Å². The van der Waals surface area contributed by atoms with Crippen molar-refractivity contribution >= 4 is 0 Å². The normalized spacial score (nSPS) is 18.1. The molecule has 1 N–H and O–H groups in total. The maximum absolute atomic E-state index is 6.00. The lowest BCUT2D eigenvalue weighted by Gasteiger charge is -2.29. The summed E-state index contributed by atoms with van der Waals surface area (Å²) in [6.07, 6.45) is 8.38. The number of hydrogen-bond acceptors (Lipinski definition) is 4. The maximum Gasteiger partial charge on any atom is 0.157 e. The number of ether oxygens (including phenoxy) is 1. The summed E-state index contributed by atoms with van der Waals surface area (Å²) in [5.74, 6) is 1.44. The second-order valence-corrected chi connectivity index (χ2v) is 6.22. The summed E-state index contributed by atoms with van der Waals surface area (Å²) < 4.78 is 6.00. The lowest BCUT2D eigenvalue weighted by atomic mass is 9.85. The minimum absolute atomic E-state index is 0.0642. The first-order valence-corrected chi connectivity index (χ1v) is 8.37. The third-order valence-electron chi connectivity index (χ3n) is 4.10. The predicted octanol–water partition coefficient (Wildman–Crippen LogP) is 3.63. The van der Waals surface area contributed by atoms with Crippen molar-refractivity contribution in [3.05, 3.63) is 23.8 Å². The van der Waals surface area contributed by atoms with E-state index in [1.807, 2.05) is 12.3 Å². The highest BCUT2D eigenvalue weighted by atomic mass is 16.5. The molecule has 1 aromatic heterocycles. The number of rotatable bonds is 7. The maximum atomic E-state index is 6.00. The Morgan fingerprint density at radius 2 is 2.05 bits per heavy atom. The first-order chi connectivity index (χ1) is 10.2. The summed E-state index contributed by atoms with van der Waals surface area (Å²) >= 11 is 0. The SMILES string of the molecule is CCOC(c1nccc(CNC(C)C)n1)C1CCCCC1. The minimum atomic E-state index is 0.0642. The Labute approximate surface area is 128 Å². The smallest absolute Gasteiger partial charge is 0.157 e. The van der Waals surface area contributed by atoms with Gasteiger partial charge in [-0.15, -0.1) is 0 Å². The van der Waals surface area contributed by atoms with E-state index in [0.717, 1.165) is 24.7 Å². The van der Waals surface area contributed by atoms with Gasteiger partial charge in [0.2, 0.25) is 0 Å². The number of aromatic nitrogens is 2. The Kier molecular flexibility index (Phi) is 6.58. The largest absolute Gasteiger partial charge is 0.370 e. The molecule has 4 heteroatoms. The van der Waals surface area contributed by atoms with Crippen LogP contribution in [0.3, 0.4) is 0 Å². The lowest BCUT2D eigenvalue weighted by molar-refractivity contribution is -0.000342. The molecule has 1 unspecified atom stereocenters. The molecule has 0 amide bonds. The van der Waals surface area contributed by atoms with E-state index in [-0.39, 0.29) is 6.10 Å². The Balaban J connectivity index is 2.09. The fourth-order valence-corrected chi connectivity index (χ4v) is 3.00. The molecule has 4 nitrogen and oxygen atoms in total. The molecule has 1 aromatic rings. The van der Waals surface area contributed by atoms with E-state index >= 15 is 0 Å². The third kappa shape index (κ3) is 5.04. The van der Waals surface area contributed by atoms with Gasteiger partial charge in [0.05, 0.1) is 5.69 Å². The van der Waals surface area contributed by atoms with Crippen LogP contribution in [0.1, 0.15) is 70.5 Å².